The second kappa shape index (κ2) is 4.56. The Bertz CT molecular complexity index is 1000. The summed E-state index contributed by atoms with van der Waals surface area (Å²) in [6.07, 6.45) is 1.79. The highest BCUT2D eigenvalue weighted by Gasteiger charge is 2.06. The first-order valence-corrected chi connectivity index (χ1v) is 6.79. The number of para-hydroxylation sites is 1. The number of nitrogens with zero attached hydrogens (tertiary/aromatic N) is 2. The number of benzene rings is 2. The molecule has 0 atom stereocenters. The van der Waals surface area contributed by atoms with Crippen molar-refractivity contribution in [1.29, 1.82) is 0 Å². The number of hydrogen-bond acceptors (Lipinski definition) is 2. The first-order chi connectivity index (χ1) is 10.3. The predicted octanol–water partition coefficient (Wildman–Crippen LogP) is 3.51. The monoisotopic (exact) mass is 272 g/mol. The van der Waals surface area contributed by atoms with Crippen LogP contribution in [0.2, 0.25) is 0 Å². The smallest absolute Gasteiger partial charge is 0.265 e. The van der Waals surface area contributed by atoms with Gasteiger partial charge in [0.2, 0.25) is 0 Å². The fraction of sp³-hybridized carbons (Fsp3) is 0. The van der Waals surface area contributed by atoms with Crippen LogP contribution in [0, 0.1) is 0 Å². The Hall–Kier alpha value is -2.94. The van der Waals surface area contributed by atoms with Gasteiger partial charge in [-0.05, 0) is 35.4 Å². The van der Waals surface area contributed by atoms with Crippen LogP contribution < -0.4 is 5.56 Å². The number of aromatic nitrogens is 2. The van der Waals surface area contributed by atoms with Crippen molar-refractivity contribution in [2.75, 3.05) is 0 Å². The number of pyridine rings is 1. The van der Waals surface area contributed by atoms with Gasteiger partial charge in [-0.3, -0.25) is 9.20 Å². The summed E-state index contributed by atoms with van der Waals surface area (Å²) < 4.78 is 1.59. The largest absolute Gasteiger partial charge is 0.268 e. The average molecular weight is 272 g/mol. The fourth-order valence-corrected chi connectivity index (χ4v) is 2.56. The van der Waals surface area contributed by atoms with E-state index in [1.165, 1.54) is 0 Å². The van der Waals surface area contributed by atoms with Crippen LogP contribution in [0.1, 0.15) is 0 Å². The third kappa shape index (κ3) is 1.91. The van der Waals surface area contributed by atoms with Crippen molar-refractivity contribution in [3.63, 3.8) is 0 Å². The molecule has 0 fully saturated rings. The number of hydrogen-bond donors (Lipinski definition) is 0. The van der Waals surface area contributed by atoms with Crippen molar-refractivity contribution in [2.24, 2.45) is 0 Å². The molecule has 4 rings (SSSR count). The minimum absolute atomic E-state index is 0.0322. The predicted molar refractivity (Wildman–Crippen MR) is 84.4 cm³/mol. The Labute approximate surface area is 121 Å². The zero-order chi connectivity index (χ0) is 14.2. The van der Waals surface area contributed by atoms with Gasteiger partial charge >= 0.3 is 0 Å². The molecule has 0 aliphatic rings. The van der Waals surface area contributed by atoms with E-state index in [2.05, 4.69) is 4.98 Å². The summed E-state index contributed by atoms with van der Waals surface area (Å²) in [4.78, 5) is 17.0. The Morgan fingerprint density at radius 1 is 0.810 bits per heavy atom. The molecule has 21 heavy (non-hydrogen) atoms. The van der Waals surface area contributed by atoms with Crippen molar-refractivity contribution < 1.29 is 0 Å². The summed E-state index contributed by atoms with van der Waals surface area (Å²) in [6, 6.07) is 21.4. The summed E-state index contributed by atoms with van der Waals surface area (Å²) in [5.74, 6) is 0. The third-order valence-corrected chi connectivity index (χ3v) is 3.63. The Balaban J connectivity index is 2.04. The Morgan fingerprint density at radius 2 is 1.57 bits per heavy atom. The first-order valence-electron chi connectivity index (χ1n) is 6.79. The van der Waals surface area contributed by atoms with Crippen molar-refractivity contribution >= 4 is 16.6 Å². The second-order valence-corrected chi connectivity index (χ2v) is 4.94. The van der Waals surface area contributed by atoms with E-state index in [1.807, 2.05) is 66.7 Å². The number of fused-ring (bicyclic) bond motifs is 2. The van der Waals surface area contributed by atoms with E-state index in [0.29, 0.717) is 11.0 Å². The maximum absolute atomic E-state index is 12.5. The van der Waals surface area contributed by atoms with Crippen molar-refractivity contribution in [3.8, 4) is 11.1 Å². The van der Waals surface area contributed by atoms with Gasteiger partial charge in [0.1, 0.15) is 5.65 Å². The van der Waals surface area contributed by atoms with Crippen LogP contribution in [0.3, 0.4) is 0 Å². The van der Waals surface area contributed by atoms with E-state index in [4.69, 9.17) is 0 Å². The summed E-state index contributed by atoms with van der Waals surface area (Å²) in [7, 11) is 0. The molecular formula is C18H12N2O. The highest BCUT2D eigenvalue weighted by molar-refractivity contribution is 5.80. The molecule has 0 bridgehead atoms. The van der Waals surface area contributed by atoms with Gasteiger partial charge in [-0.2, -0.15) is 0 Å². The maximum atomic E-state index is 12.5. The van der Waals surface area contributed by atoms with Gasteiger partial charge in [0.25, 0.3) is 5.56 Å². The van der Waals surface area contributed by atoms with Crippen LogP contribution in [0.25, 0.3) is 27.7 Å². The van der Waals surface area contributed by atoms with Gasteiger partial charge in [-0.15, -0.1) is 0 Å². The molecule has 2 heterocycles. The lowest BCUT2D eigenvalue weighted by atomic mass is 10.1. The molecule has 3 heteroatoms. The van der Waals surface area contributed by atoms with E-state index < -0.39 is 0 Å². The van der Waals surface area contributed by atoms with Crippen LogP contribution in [0.5, 0.6) is 0 Å². The molecule has 0 aliphatic carbocycles. The molecular weight excluding hydrogens is 260 g/mol. The molecule has 0 spiro atoms. The van der Waals surface area contributed by atoms with Crippen LogP contribution in [-0.2, 0) is 0 Å². The molecule has 4 aromatic rings. The van der Waals surface area contributed by atoms with Crippen LogP contribution in [0.15, 0.2) is 77.7 Å². The normalized spacial score (nSPS) is 11.0. The quantitative estimate of drug-likeness (QED) is 0.497. The summed E-state index contributed by atoms with van der Waals surface area (Å²) in [5, 5.41) is 0.641. The van der Waals surface area contributed by atoms with Crippen LogP contribution >= 0.6 is 0 Å². The van der Waals surface area contributed by atoms with E-state index in [9.17, 15) is 4.79 Å². The summed E-state index contributed by atoms with van der Waals surface area (Å²) in [6.45, 7) is 0. The molecule has 2 aromatic heterocycles. The molecule has 0 unspecified atom stereocenters. The van der Waals surface area contributed by atoms with E-state index in [0.717, 1.165) is 16.6 Å². The highest BCUT2D eigenvalue weighted by atomic mass is 16.1. The van der Waals surface area contributed by atoms with Gasteiger partial charge in [0.15, 0.2) is 0 Å². The van der Waals surface area contributed by atoms with Crippen molar-refractivity contribution in [2.45, 2.75) is 0 Å². The van der Waals surface area contributed by atoms with Crippen molar-refractivity contribution in [1.82, 2.24) is 9.38 Å². The van der Waals surface area contributed by atoms with E-state index in [1.54, 1.807) is 10.6 Å². The van der Waals surface area contributed by atoms with Gasteiger partial charge < -0.3 is 0 Å². The fourth-order valence-electron chi connectivity index (χ4n) is 2.56. The summed E-state index contributed by atoms with van der Waals surface area (Å²) >= 11 is 0. The first kappa shape index (κ1) is 11.9. The number of rotatable bonds is 1. The highest BCUT2D eigenvalue weighted by Crippen LogP contribution is 2.20. The molecule has 0 saturated heterocycles. The lowest BCUT2D eigenvalue weighted by Crippen LogP contribution is -2.14. The van der Waals surface area contributed by atoms with Crippen LogP contribution in [0.4, 0.5) is 0 Å². The third-order valence-electron chi connectivity index (χ3n) is 3.63. The van der Waals surface area contributed by atoms with Crippen LogP contribution in [-0.4, -0.2) is 9.38 Å². The van der Waals surface area contributed by atoms with E-state index in [-0.39, 0.29) is 5.56 Å². The zero-order valence-electron chi connectivity index (χ0n) is 11.2. The molecule has 2 aromatic carbocycles. The SMILES string of the molecule is O=c1c2ccccc2nc2cc(-c3ccccc3)ccn12. The standard InChI is InChI=1S/C18H12N2O/c21-18-15-8-4-5-9-16(15)19-17-12-14(10-11-20(17)18)13-6-2-1-3-7-13/h1-12H. The average Bonchev–Trinajstić information content (AvgIpc) is 2.55. The van der Waals surface area contributed by atoms with Crippen molar-refractivity contribution in [3.05, 3.63) is 83.3 Å². The lowest BCUT2D eigenvalue weighted by Gasteiger charge is -2.06. The molecule has 0 saturated carbocycles. The van der Waals surface area contributed by atoms with E-state index >= 15 is 0 Å². The minimum Gasteiger partial charge on any atom is -0.268 e. The molecule has 0 N–H and O–H groups in total. The molecule has 3 nitrogen and oxygen atoms in total. The Morgan fingerprint density at radius 3 is 2.43 bits per heavy atom. The second-order valence-electron chi connectivity index (χ2n) is 4.94. The topological polar surface area (TPSA) is 34.4 Å². The Kier molecular flexibility index (Phi) is 2.57. The summed E-state index contributed by atoms with van der Waals surface area (Å²) in [5.41, 5.74) is 3.53. The molecule has 100 valence electrons. The lowest BCUT2D eigenvalue weighted by molar-refractivity contribution is 1.08. The van der Waals surface area contributed by atoms with Gasteiger partial charge in [-0.25, -0.2) is 4.98 Å². The van der Waals surface area contributed by atoms with Gasteiger partial charge in [-0.1, -0.05) is 42.5 Å². The molecule has 0 aliphatic heterocycles. The van der Waals surface area contributed by atoms with Gasteiger partial charge in [0.05, 0.1) is 10.9 Å². The maximum Gasteiger partial charge on any atom is 0.265 e. The molecule has 0 amide bonds. The zero-order valence-corrected chi connectivity index (χ0v) is 11.2. The molecule has 0 radical (unpaired) electrons. The van der Waals surface area contributed by atoms with Gasteiger partial charge in [0, 0.05) is 6.20 Å². The minimum atomic E-state index is -0.0322.